The van der Waals surface area contributed by atoms with Gasteiger partial charge in [0.05, 0.1) is 6.54 Å². The molecule has 1 N–H and O–H groups in total. The van der Waals surface area contributed by atoms with E-state index in [1.807, 2.05) is 18.0 Å². The summed E-state index contributed by atoms with van der Waals surface area (Å²) in [4.78, 5) is 26.9. The Morgan fingerprint density at radius 2 is 2.12 bits per heavy atom. The molecular formula is C18H30N6O. The highest BCUT2D eigenvalue weighted by Gasteiger charge is 2.24. The smallest absolute Gasteiger partial charge is 0.241 e. The van der Waals surface area contributed by atoms with Crippen LogP contribution in [0.3, 0.4) is 0 Å². The summed E-state index contributed by atoms with van der Waals surface area (Å²) in [6.45, 7) is 11.0. The molecule has 138 valence electrons. The number of anilines is 2. The van der Waals surface area contributed by atoms with Crippen LogP contribution in [0.1, 0.15) is 20.3 Å². The quantitative estimate of drug-likeness (QED) is 0.833. The van der Waals surface area contributed by atoms with E-state index in [0.29, 0.717) is 12.5 Å². The number of hydrogen-bond donors (Lipinski definition) is 1. The Morgan fingerprint density at radius 3 is 2.88 bits per heavy atom. The summed E-state index contributed by atoms with van der Waals surface area (Å²) in [5.74, 6) is 3.20. The van der Waals surface area contributed by atoms with E-state index in [4.69, 9.17) is 0 Å². The minimum atomic E-state index is 0.135. The fourth-order valence-electron chi connectivity index (χ4n) is 3.58. The van der Waals surface area contributed by atoms with Gasteiger partial charge in [0.1, 0.15) is 18.0 Å². The van der Waals surface area contributed by atoms with Gasteiger partial charge in [-0.15, -0.1) is 0 Å². The van der Waals surface area contributed by atoms with Crippen LogP contribution < -0.4 is 10.2 Å². The van der Waals surface area contributed by atoms with Gasteiger partial charge >= 0.3 is 0 Å². The molecule has 2 aliphatic rings. The van der Waals surface area contributed by atoms with Gasteiger partial charge in [-0.3, -0.25) is 4.79 Å². The predicted molar refractivity (Wildman–Crippen MR) is 99.8 cm³/mol. The maximum Gasteiger partial charge on any atom is 0.241 e. The van der Waals surface area contributed by atoms with Crippen LogP contribution in [0.2, 0.25) is 0 Å². The fourth-order valence-corrected chi connectivity index (χ4v) is 3.58. The maximum absolute atomic E-state index is 11.9. The van der Waals surface area contributed by atoms with Crippen molar-refractivity contribution in [3.05, 3.63) is 12.4 Å². The van der Waals surface area contributed by atoms with Gasteiger partial charge in [0.25, 0.3) is 0 Å². The van der Waals surface area contributed by atoms with Gasteiger partial charge in [-0.2, -0.15) is 0 Å². The number of aromatic nitrogens is 2. The monoisotopic (exact) mass is 346 g/mol. The lowest BCUT2D eigenvalue weighted by atomic mass is 10.1. The number of amides is 1. The minimum Gasteiger partial charge on any atom is -0.370 e. The van der Waals surface area contributed by atoms with Crippen molar-refractivity contribution in [2.45, 2.75) is 20.3 Å². The van der Waals surface area contributed by atoms with Crippen LogP contribution in [0.15, 0.2) is 12.4 Å². The third kappa shape index (κ3) is 4.81. The Bertz CT molecular complexity index is 593. The second-order valence-electron chi connectivity index (χ2n) is 7.69. The average molecular weight is 346 g/mol. The number of carbonyl (C=O) groups is 1. The molecule has 2 fully saturated rings. The van der Waals surface area contributed by atoms with Gasteiger partial charge < -0.3 is 20.0 Å². The first-order valence-electron chi connectivity index (χ1n) is 9.28. The Hall–Kier alpha value is -1.89. The van der Waals surface area contributed by atoms with Gasteiger partial charge in [-0.25, -0.2) is 9.97 Å². The van der Waals surface area contributed by atoms with E-state index in [0.717, 1.165) is 43.7 Å². The summed E-state index contributed by atoms with van der Waals surface area (Å²) in [5, 5.41) is 3.46. The number of hydrogen-bond acceptors (Lipinski definition) is 6. The molecule has 0 aliphatic carbocycles. The maximum atomic E-state index is 11.9. The SMILES string of the molecule is CC(C)CN1CCC(CNc2cc(N3CCN(C)C(=O)C3)ncn2)C1. The van der Waals surface area contributed by atoms with E-state index in [-0.39, 0.29) is 5.91 Å². The fraction of sp³-hybridized carbons (Fsp3) is 0.722. The molecule has 1 amide bonds. The molecule has 25 heavy (non-hydrogen) atoms. The molecule has 0 saturated carbocycles. The molecule has 1 atom stereocenters. The highest BCUT2D eigenvalue weighted by Crippen LogP contribution is 2.20. The standard InChI is InChI=1S/C18H30N6O/c1-14(2)10-23-5-4-15(11-23)9-19-16-8-17(21-13-20-16)24-7-6-22(3)18(25)12-24/h8,13-15H,4-7,9-12H2,1-3H3,(H,19,20,21). The lowest BCUT2D eigenvalue weighted by Crippen LogP contribution is -2.48. The molecule has 1 aromatic heterocycles. The Morgan fingerprint density at radius 1 is 1.28 bits per heavy atom. The van der Waals surface area contributed by atoms with Crippen LogP contribution in [0.4, 0.5) is 11.6 Å². The highest BCUT2D eigenvalue weighted by atomic mass is 16.2. The molecule has 2 saturated heterocycles. The van der Waals surface area contributed by atoms with Crippen molar-refractivity contribution in [2.24, 2.45) is 11.8 Å². The topological polar surface area (TPSA) is 64.6 Å². The van der Waals surface area contributed by atoms with Crippen molar-refractivity contribution < 1.29 is 4.79 Å². The van der Waals surface area contributed by atoms with Crippen molar-refractivity contribution >= 4 is 17.5 Å². The van der Waals surface area contributed by atoms with Gasteiger partial charge in [0.2, 0.25) is 5.91 Å². The van der Waals surface area contributed by atoms with Gasteiger partial charge in [0, 0.05) is 45.8 Å². The molecule has 3 rings (SSSR count). The van der Waals surface area contributed by atoms with Crippen molar-refractivity contribution in [3.63, 3.8) is 0 Å². The largest absolute Gasteiger partial charge is 0.370 e. The van der Waals surface area contributed by atoms with Crippen LogP contribution in [0, 0.1) is 11.8 Å². The molecule has 3 heterocycles. The van der Waals surface area contributed by atoms with E-state index in [2.05, 4.69) is 34.0 Å². The molecule has 1 unspecified atom stereocenters. The number of carbonyl (C=O) groups excluding carboxylic acids is 1. The van der Waals surface area contributed by atoms with Crippen LogP contribution in [-0.4, -0.2) is 78.5 Å². The number of piperazine rings is 1. The molecule has 7 nitrogen and oxygen atoms in total. The van der Waals surface area contributed by atoms with E-state index in [1.54, 1.807) is 11.2 Å². The first kappa shape index (κ1) is 17.9. The van der Waals surface area contributed by atoms with Crippen LogP contribution in [0.25, 0.3) is 0 Å². The number of rotatable bonds is 6. The molecule has 7 heteroatoms. The van der Waals surface area contributed by atoms with Crippen LogP contribution >= 0.6 is 0 Å². The van der Waals surface area contributed by atoms with Crippen molar-refractivity contribution in [2.75, 3.05) is 63.1 Å². The predicted octanol–water partition coefficient (Wildman–Crippen LogP) is 1.14. The van der Waals surface area contributed by atoms with E-state index in [1.165, 1.54) is 19.5 Å². The normalized spacial score (nSPS) is 22.1. The van der Waals surface area contributed by atoms with E-state index < -0.39 is 0 Å². The second-order valence-corrected chi connectivity index (χ2v) is 7.69. The average Bonchev–Trinajstić information content (AvgIpc) is 3.02. The Kier molecular flexibility index (Phi) is 5.73. The van der Waals surface area contributed by atoms with Crippen LogP contribution in [0.5, 0.6) is 0 Å². The van der Waals surface area contributed by atoms with Gasteiger partial charge in [-0.05, 0) is 24.8 Å². The number of nitrogens with one attached hydrogen (secondary N) is 1. The summed E-state index contributed by atoms with van der Waals surface area (Å²) in [5.41, 5.74) is 0. The van der Waals surface area contributed by atoms with Gasteiger partial charge in [-0.1, -0.05) is 13.8 Å². The third-order valence-corrected chi connectivity index (χ3v) is 5.00. The van der Waals surface area contributed by atoms with Crippen molar-refractivity contribution in [1.82, 2.24) is 19.8 Å². The summed E-state index contributed by atoms with van der Waals surface area (Å²) in [6, 6.07) is 1.96. The lowest BCUT2D eigenvalue weighted by molar-refractivity contribution is -0.129. The van der Waals surface area contributed by atoms with Crippen molar-refractivity contribution in [1.29, 1.82) is 0 Å². The third-order valence-electron chi connectivity index (χ3n) is 5.00. The van der Waals surface area contributed by atoms with Gasteiger partial charge in [0.15, 0.2) is 0 Å². The summed E-state index contributed by atoms with van der Waals surface area (Å²) in [7, 11) is 1.84. The zero-order chi connectivity index (χ0) is 17.8. The number of likely N-dealkylation sites (N-methyl/N-ethyl adjacent to an activating group) is 1. The van der Waals surface area contributed by atoms with Crippen LogP contribution in [-0.2, 0) is 4.79 Å². The molecule has 0 radical (unpaired) electrons. The zero-order valence-electron chi connectivity index (χ0n) is 15.6. The number of likely N-dealkylation sites (tertiary alicyclic amines) is 1. The minimum absolute atomic E-state index is 0.135. The highest BCUT2D eigenvalue weighted by molar-refractivity contribution is 5.82. The first-order valence-corrected chi connectivity index (χ1v) is 9.28. The molecule has 0 aromatic carbocycles. The molecule has 2 aliphatic heterocycles. The summed E-state index contributed by atoms with van der Waals surface area (Å²) < 4.78 is 0. The molecule has 0 spiro atoms. The Balaban J connectivity index is 1.52. The van der Waals surface area contributed by atoms with E-state index >= 15 is 0 Å². The van der Waals surface area contributed by atoms with Crippen molar-refractivity contribution in [3.8, 4) is 0 Å². The molecule has 1 aromatic rings. The molecular weight excluding hydrogens is 316 g/mol. The Labute approximate surface area is 150 Å². The number of nitrogens with zero attached hydrogens (tertiary/aromatic N) is 5. The first-order chi connectivity index (χ1) is 12.0. The lowest BCUT2D eigenvalue weighted by Gasteiger charge is -2.32. The molecule has 0 bridgehead atoms. The van der Waals surface area contributed by atoms with E-state index in [9.17, 15) is 4.79 Å². The second kappa shape index (κ2) is 7.99. The summed E-state index contributed by atoms with van der Waals surface area (Å²) in [6.07, 6.45) is 2.82. The zero-order valence-corrected chi connectivity index (χ0v) is 15.6. The summed E-state index contributed by atoms with van der Waals surface area (Å²) >= 11 is 0.